The van der Waals surface area contributed by atoms with Crippen molar-refractivity contribution in [3.8, 4) is 11.8 Å². The van der Waals surface area contributed by atoms with Crippen molar-refractivity contribution in [1.29, 1.82) is 5.26 Å². The molecular weight excluding hydrogens is 256 g/mol. The van der Waals surface area contributed by atoms with Gasteiger partial charge in [-0.25, -0.2) is 0 Å². The summed E-state index contributed by atoms with van der Waals surface area (Å²) in [5.41, 5.74) is 0.0535. The summed E-state index contributed by atoms with van der Waals surface area (Å²) < 4.78 is 10.6. The molecule has 5 nitrogen and oxygen atoms in total. The molecule has 0 heterocycles. The summed E-state index contributed by atoms with van der Waals surface area (Å²) in [6.45, 7) is 5.93. The largest absolute Gasteiger partial charge is 0.492 e. The van der Waals surface area contributed by atoms with E-state index in [4.69, 9.17) is 14.7 Å². The first-order valence-electron chi connectivity index (χ1n) is 6.54. The van der Waals surface area contributed by atoms with Gasteiger partial charge in [-0.1, -0.05) is 6.92 Å². The minimum absolute atomic E-state index is 0.240. The Morgan fingerprint density at radius 2 is 2.15 bits per heavy atom. The fourth-order valence-electron chi connectivity index (χ4n) is 1.64. The lowest BCUT2D eigenvalue weighted by Crippen LogP contribution is -2.41. The lowest BCUT2D eigenvalue weighted by Gasteiger charge is -2.25. The van der Waals surface area contributed by atoms with E-state index in [1.165, 1.54) is 7.11 Å². The van der Waals surface area contributed by atoms with Crippen molar-refractivity contribution in [3.05, 3.63) is 23.8 Å². The van der Waals surface area contributed by atoms with E-state index in [9.17, 15) is 4.79 Å². The third-order valence-electron chi connectivity index (χ3n) is 3.26. The number of hydrogen-bond acceptors (Lipinski definition) is 4. The summed E-state index contributed by atoms with van der Waals surface area (Å²) in [5, 5.41) is 11.8. The van der Waals surface area contributed by atoms with Gasteiger partial charge in [0.25, 0.3) is 5.91 Å². The highest BCUT2D eigenvalue weighted by Gasteiger charge is 2.31. The number of amides is 1. The third kappa shape index (κ3) is 3.49. The zero-order valence-corrected chi connectivity index (χ0v) is 12.3. The number of methoxy groups -OCH3 is 1. The van der Waals surface area contributed by atoms with Crippen LogP contribution in [0.2, 0.25) is 0 Å². The summed E-state index contributed by atoms with van der Waals surface area (Å²) >= 11 is 0. The summed E-state index contributed by atoms with van der Waals surface area (Å²) in [6.07, 6.45) is 0.553. The molecule has 0 unspecified atom stereocenters. The molecule has 0 radical (unpaired) electrons. The standard InChI is InChI=1S/C15H20N2O3/c1-5-15(3,19-4)14(18)17-12-7-8-13(20-6-2)11(9-12)10-16/h7-9H,5-6H2,1-4H3,(H,17,18)/t15-/m0/s1. The van der Waals surface area contributed by atoms with E-state index in [-0.39, 0.29) is 5.91 Å². The van der Waals surface area contributed by atoms with Crippen LogP contribution in [-0.2, 0) is 9.53 Å². The molecule has 108 valence electrons. The molecule has 0 bridgehead atoms. The molecule has 1 rings (SSSR count). The SMILES string of the molecule is CCOc1ccc(NC(=O)[C@](C)(CC)OC)cc1C#N. The molecule has 1 N–H and O–H groups in total. The maximum Gasteiger partial charge on any atom is 0.256 e. The number of anilines is 1. The fourth-order valence-corrected chi connectivity index (χ4v) is 1.64. The number of benzene rings is 1. The van der Waals surface area contributed by atoms with Gasteiger partial charge in [-0.05, 0) is 38.5 Å². The van der Waals surface area contributed by atoms with E-state index in [0.717, 1.165) is 0 Å². The number of carbonyl (C=O) groups is 1. The molecule has 1 aromatic carbocycles. The van der Waals surface area contributed by atoms with Crippen molar-refractivity contribution in [2.75, 3.05) is 19.0 Å². The Morgan fingerprint density at radius 3 is 2.65 bits per heavy atom. The summed E-state index contributed by atoms with van der Waals surface area (Å²) in [6, 6.07) is 7.02. The number of rotatable bonds is 6. The Labute approximate surface area is 119 Å². The van der Waals surface area contributed by atoms with E-state index >= 15 is 0 Å². The van der Waals surface area contributed by atoms with Crippen LogP contribution in [0.25, 0.3) is 0 Å². The number of ether oxygens (including phenoxy) is 2. The van der Waals surface area contributed by atoms with Gasteiger partial charge >= 0.3 is 0 Å². The maximum atomic E-state index is 12.2. The van der Waals surface area contributed by atoms with Crippen LogP contribution in [0.15, 0.2) is 18.2 Å². The second-order valence-corrected chi connectivity index (χ2v) is 4.50. The van der Waals surface area contributed by atoms with E-state index in [1.54, 1.807) is 25.1 Å². The molecular formula is C15H20N2O3. The number of nitrogens with zero attached hydrogens (tertiary/aromatic N) is 1. The summed E-state index contributed by atoms with van der Waals surface area (Å²) in [7, 11) is 1.50. The minimum atomic E-state index is -0.884. The average molecular weight is 276 g/mol. The molecule has 0 aromatic heterocycles. The molecule has 1 aromatic rings. The molecule has 1 amide bonds. The van der Waals surface area contributed by atoms with Crippen LogP contribution in [0.3, 0.4) is 0 Å². The highest BCUT2D eigenvalue weighted by atomic mass is 16.5. The Morgan fingerprint density at radius 1 is 1.45 bits per heavy atom. The zero-order chi connectivity index (χ0) is 15.2. The van der Waals surface area contributed by atoms with Crippen LogP contribution in [0.5, 0.6) is 5.75 Å². The second-order valence-electron chi connectivity index (χ2n) is 4.50. The molecule has 1 atom stereocenters. The molecule has 0 spiro atoms. The zero-order valence-electron chi connectivity index (χ0n) is 12.3. The highest BCUT2D eigenvalue weighted by Crippen LogP contribution is 2.24. The lowest BCUT2D eigenvalue weighted by molar-refractivity contribution is -0.136. The lowest BCUT2D eigenvalue weighted by atomic mass is 10.0. The van der Waals surface area contributed by atoms with Crippen molar-refractivity contribution in [2.24, 2.45) is 0 Å². The molecule has 5 heteroatoms. The van der Waals surface area contributed by atoms with E-state index < -0.39 is 5.60 Å². The smallest absolute Gasteiger partial charge is 0.256 e. The van der Waals surface area contributed by atoms with Crippen molar-refractivity contribution < 1.29 is 14.3 Å². The van der Waals surface area contributed by atoms with Gasteiger partial charge in [0.05, 0.1) is 12.2 Å². The molecule has 0 saturated heterocycles. The quantitative estimate of drug-likeness (QED) is 0.867. The fraction of sp³-hybridized carbons (Fsp3) is 0.467. The normalized spacial score (nSPS) is 13.2. The number of hydrogen-bond donors (Lipinski definition) is 1. The molecule has 0 aliphatic rings. The topological polar surface area (TPSA) is 71.3 Å². The Hall–Kier alpha value is -2.06. The predicted molar refractivity (Wildman–Crippen MR) is 76.7 cm³/mol. The van der Waals surface area contributed by atoms with E-state index in [1.807, 2.05) is 13.8 Å². The van der Waals surface area contributed by atoms with Gasteiger partial charge < -0.3 is 14.8 Å². The molecule has 0 saturated carbocycles. The van der Waals surface area contributed by atoms with E-state index in [0.29, 0.717) is 30.0 Å². The minimum Gasteiger partial charge on any atom is -0.492 e. The van der Waals surface area contributed by atoms with E-state index in [2.05, 4.69) is 11.4 Å². The summed E-state index contributed by atoms with van der Waals surface area (Å²) in [4.78, 5) is 12.2. The van der Waals surface area contributed by atoms with Crippen molar-refractivity contribution in [3.63, 3.8) is 0 Å². The highest BCUT2D eigenvalue weighted by molar-refractivity contribution is 5.97. The molecule has 20 heavy (non-hydrogen) atoms. The Balaban J connectivity index is 2.94. The van der Waals surface area contributed by atoms with Crippen LogP contribution in [0, 0.1) is 11.3 Å². The number of carbonyl (C=O) groups excluding carboxylic acids is 1. The second kappa shape index (κ2) is 6.92. The first-order chi connectivity index (χ1) is 9.50. The Bertz CT molecular complexity index is 516. The average Bonchev–Trinajstić information content (AvgIpc) is 2.47. The first-order valence-corrected chi connectivity index (χ1v) is 6.54. The van der Waals surface area contributed by atoms with Gasteiger partial charge in [0, 0.05) is 12.8 Å². The van der Waals surface area contributed by atoms with Crippen LogP contribution in [0.4, 0.5) is 5.69 Å². The Kier molecular flexibility index (Phi) is 5.53. The van der Waals surface area contributed by atoms with Gasteiger partial charge in [-0.3, -0.25) is 4.79 Å². The van der Waals surface area contributed by atoms with Gasteiger partial charge in [0.1, 0.15) is 17.4 Å². The van der Waals surface area contributed by atoms with Crippen molar-refractivity contribution in [1.82, 2.24) is 0 Å². The predicted octanol–water partition coefficient (Wildman–Crippen LogP) is 2.71. The van der Waals surface area contributed by atoms with Crippen LogP contribution in [-0.4, -0.2) is 25.2 Å². The number of nitrogens with one attached hydrogen (secondary N) is 1. The van der Waals surface area contributed by atoms with Gasteiger partial charge in [-0.2, -0.15) is 5.26 Å². The van der Waals surface area contributed by atoms with Crippen molar-refractivity contribution >= 4 is 11.6 Å². The van der Waals surface area contributed by atoms with Gasteiger partial charge in [0.2, 0.25) is 0 Å². The first kappa shape index (κ1) is 16.0. The van der Waals surface area contributed by atoms with Crippen LogP contribution in [0.1, 0.15) is 32.8 Å². The number of nitriles is 1. The van der Waals surface area contributed by atoms with Gasteiger partial charge in [0.15, 0.2) is 0 Å². The monoisotopic (exact) mass is 276 g/mol. The third-order valence-corrected chi connectivity index (χ3v) is 3.26. The molecule has 0 aliphatic carbocycles. The van der Waals surface area contributed by atoms with Crippen LogP contribution >= 0.6 is 0 Å². The maximum absolute atomic E-state index is 12.2. The van der Waals surface area contributed by atoms with Crippen LogP contribution < -0.4 is 10.1 Å². The molecule has 0 fully saturated rings. The summed E-state index contributed by atoms with van der Waals surface area (Å²) in [5.74, 6) is 0.272. The molecule has 0 aliphatic heterocycles. The van der Waals surface area contributed by atoms with Crippen molar-refractivity contribution in [2.45, 2.75) is 32.8 Å². The van der Waals surface area contributed by atoms with Gasteiger partial charge in [-0.15, -0.1) is 0 Å².